The number of carbonyl (C=O) groups excluding carboxylic acids is 2. The third-order valence-corrected chi connectivity index (χ3v) is 3.97. The average molecular weight is 349 g/mol. The van der Waals surface area contributed by atoms with Crippen molar-refractivity contribution in [2.75, 3.05) is 11.9 Å². The average Bonchev–Trinajstić information content (AvgIpc) is 3.18. The van der Waals surface area contributed by atoms with Crippen molar-refractivity contribution < 1.29 is 14.3 Å². The summed E-state index contributed by atoms with van der Waals surface area (Å²) in [6.45, 7) is 1.98. The van der Waals surface area contributed by atoms with Gasteiger partial charge in [-0.25, -0.2) is 9.78 Å². The number of aromatic nitrogens is 2. The van der Waals surface area contributed by atoms with Crippen LogP contribution in [-0.4, -0.2) is 28.5 Å². The Morgan fingerprint density at radius 3 is 2.69 bits per heavy atom. The summed E-state index contributed by atoms with van der Waals surface area (Å²) < 4.78 is 6.84. The number of aldehydes is 1. The van der Waals surface area contributed by atoms with Gasteiger partial charge in [0.1, 0.15) is 0 Å². The van der Waals surface area contributed by atoms with Crippen molar-refractivity contribution in [3.63, 3.8) is 0 Å². The van der Waals surface area contributed by atoms with Crippen LogP contribution < -0.4 is 5.32 Å². The van der Waals surface area contributed by atoms with Crippen LogP contribution >= 0.6 is 0 Å². The van der Waals surface area contributed by atoms with Crippen LogP contribution in [-0.2, 0) is 4.74 Å². The Labute approximate surface area is 151 Å². The number of nitrogens with zero attached hydrogens (tertiary/aromatic N) is 2. The Balaban J connectivity index is 2.00. The molecule has 0 radical (unpaired) electrons. The highest BCUT2D eigenvalue weighted by molar-refractivity contribution is 5.93. The smallest absolute Gasteiger partial charge is 0.411 e. The summed E-state index contributed by atoms with van der Waals surface area (Å²) in [5.74, 6) is 0. The van der Waals surface area contributed by atoms with Crippen molar-refractivity contribution >= 4 is 18.1 Å². The number of rotatable bonds is 6. The minimum absolute atomic E-state index is 0.131. The minimum atomic E-state index is -0.586. The molecule has 6 heteroatoms. The molecule has 0 spiro atoms. The summed E-state index contributed by atoms with van der Waals surface area (Å²) in [5, 5.41) is 2.59. The van der Waals surface area contributed by atoms with Gasteiger partial charge in [0.05, 0.1) is 24.7 Å². The summed E-state index contributed by atoms with van der Waals surface area (Å²) in [4.78, 5) is 27.3. The molecule has 0 aliphatic rings. The zero-order valence-corrected chi connectivity index (χ0v) is 14.3. The van der Waals surface area contributed by atoms with E-state index in [2.05, 4.69) is 10.3 Å². The van der Waals surface area contributed by atoms with E-state index >= 15 is 0 Å². The van der Waals surface area contributed by atoms with E-state index in [-0.39, 0.29) is 12.6 Å². The molecule has 2 aromatic carbocycles. The summed E-state index contributed by atoms with van der Waals surface area (Å²) in [5.41, 5.74) is 2.77. The van der Waals surface area contributed by atoms with E-state index in [1.807, 2.05) is 47.2 Å². The maximum atomic E-state index is 11.6. The van der Waals surface area contributed by atoms with Crippen LogP contribution in [0, 0.1) is 0 Å². The van der Waals surface area contributed by atoms with Crippen molar-refractivity contribution in [1.82, 2.24) is 9.55 Å². The number of anilines is 1. The fourth-order valence-electron chi connectivity index (χ4n) is 2.83. The molecule has 1 amide bonds. The SMILES string of the molecule is CCOC(=O)Nc1ccc(C(c2ccccc2)n2ccnc2)cc1C=O. The van der Waals surface area contributed by atoms with Gasteiger partial charge in [-0.15, -0.1) is 0 Å². The van der Waals surface area contributed by atoms with E-state index in [0.29, 0.717) is 11.3 Å². The van der Waals surface area contributed by atoms with Crippen LogP contribution in [0.25, 0.3) is 0 Å². The zero-order chi connectivity index (χ0) is 18.4. The lowest BCUT2D eigenvalue weighted by atomic mass is 9.96. The molecule has 26 heavy (non-hydrogen) atoms. The van der Waals surface area contributed by atoms with Gasteiger partial charge >= 0.3 is 6.09 Å². The predicted octanol–water partition coefficient (Wildman–Crippen LogP) is 3.90. The molecule has 0 fully saturated rings. The molecule has 3 rings (SSSR count). The summed E-state index contributed by atoms with van der Waals surface area (Å²) >= 11 is 0. The molecule has 1 atom stereocenters. The Morgan fingerprint density at radius 2 is 2.04 bits per heavy atom. The topological polar surface area (TPSA) is 73.2 Å². The van der Waals surface area contributed by atoms with Gasteiger partial charge < -0.3 is 9.30 Å². The fourth-order valence-corrected chi connectivity index (χ4v) is 2.83. The van der Waals surface area contributed by atoms with Gasteiger partial charge in [-0.3, -0.25) is 10.1 Å². The first-order valence-electron chi connectivity index (χ1n) is 8.28. The number of nitrogens with one attached hydrogen (secondary N) is 1. The van der Waals surface area contributed by atoms with Crippen molar-refractivity contribution in [3.05, 3.63) is 83.9 Å². The number of imidazole rings is 1. The second kappa shape index (κ2) is 8.11. The molecule has 0 saturated carbocycles. The first kappa shape index (κ1) is 17.4. The molecule has 1 N–H and O–H groups in total. The number of hydrogen-bond donors (Lipinski definition) is 1. The molecule has 1 heterocycles. The number of benzene rings is 2. The lowest BCUT2D eigenvalue weighted by molar-refractivity contribution is 0.112. The fraction of sp³-hybridized carbons (Fsp3) is 0.150. The maximum absolute atomic E-state index is 11.6. The number of hydrogen-bond acceptors (Lipinski definition) is 4. The van der Waals surface area contributed by atoms with E-state index in [1.165, 1.54) is 0 Å². The highest BCUT2D eigenvalue weighted by Gasteiger charge is 2.18. The molecule has 3 aromatic rings. The first-order valence-corrected chi connectivity index (χ1v) is 8.28. The van der Waals surface area contributed by atoms with E-state index in [9.17, 15) is 9.59 Å². The Kier molecular flexibility index (Phi) is 5.43. The molecule has 0 aliphatic carbocycles. The highest BCUT2D eigenvalue weighted by Crippen LogP contribution is 2.29. The molecule has 0 bridgehead atoms. The Morgan fingerprint density at radius 1 is 1.23 bits per heavy atom. The van der Waals surface area contributed by atoms with Crippen LogP contribution in [0.15, 0.2) is 67.3 Å². The third-order valence-electron chi connectivity index (χ3n) is 3.97. The molecule has 1 aromatic heterocycles. The molecule has 0 saturated heterocycles. The highest BCUT2D eigenvalue weighted by atomic mass is 16.5. The third kappa shape index (κ3) is 3.80. The van der Waals surface area contributed by atoms with Crippen molar-refractivity contribution in [3.8, 4) is 0 Å². The molecular formula is C20H19N3O3. The van der Waals surface area contributed by atoms with E-state index in [4.69, 9.17) is 4.74 Å². The zero-order valence-electron chi connectivity index (χ0n) is 14.3. The summed E-state index contributed by atoms with van der Waals surface area (Å²) in [7, 11) is 0. The minimum Gasteiger partial charge on any atom is -0.450 e. The van der Waals surface area contributed by atoms with Crippen LogP contribution in [0.3, 0.4) is 0 Å². The number of ether oxygens (including phenoxy) is 1. The van der Waals surface area contributed by atoms with Crippen LogP contribution in [0.4, 0.5) is 10.5 Å². The van der Waals surface area contributed by atoms with Gasteiger partial charge in [0.15, 0.2) is 6.29 Å². The van der Waals surface area contributed by atoms with E-state index in [0.717, 1.165) is 17.4 Å². The van der Waals surface area contributed by atoms with Crippen molar-refractivity contribution in [2.45, 2.75) is 13.0 Å². The second-order valence-electron chi connectivity index (χ2n) is 5.63. The molecule has 132 valence electrons. The maximum Gasteiger partial charge on any atom is 0.411 e. The lowest BCUT2D eigenvalue weighted by Crippen LogP contribution is -2.15. The largest absolute Gasteiger partial charge is 0.450 e. The second-order valence-corrected chi connectivity index (χ2v) is 5.63. The number of carbonyl (C=O) groups is 2. The Hall–Kier alpha value is -3.41. The monoisotopic (exact) mass is 349 g/mol. The van der Waals surface area contributed by atoms with Crippen LogP contribution in [0.1, 0.15) is 34.5 Å². The quantitative estimate of drug-likeness (QED) is 0.685. The molecule has 6 nitrogen and oxygen atoms in total. The van der Waals surface area contributed by atoms with Crippen molar-refractivity contribution in [1.29, 1.82) is 0 Å². The summed E-state index contributed by atoms with van der Waals surface area (Å²) in [6.07, 6.45) is 5.47. The van der Waals surface area contributed by atoms with Crippen molar-refractivity contribution in [2.24, 2.45) is 0 Å². The van der Waals surface area contributed by atoms with Crippen LogP contribution in [0.2, 0.25) is 0 Å². The van der Waals surface area contributed by atoms with Gasteiger partial charge in [-0.1, -0.05) is 36.4 Å². The first-order chi connectivity index (χ1) is 12.7. The molecular weight excluding hydrogens is 330 g/mol. The predicted molar refractivity (Wildman–Crippen MR) is 98.4 cm³/mol. The lowest BCUT2D eigenvalue weighted by Gasteiger charge is -2.21. The Bertz CT molecular complexity index is 877. The normalized spacial score (nSPS) is 11.6. The van der Waals surface area contributed by atoms with Crippen LogP contribution in [0.5, 0.6) is 0 Å². The van der Waals surface area contributed by atoms with Gasteiger partial charge in [0.25, 0.3) is 0 Å². The molecule has 0 aliphatic heterocycles. The number of amides is 1. The van der Waals surface area contributed by atoms with Gasteiger partial charge in [-0.05, 0) is 30.2 Å². The van der Waals surface area contributed by atoms with Gasteiger partial charge in [0, 0.05) is 18.0 Å². The van der Waals surface area contributed by atoms with Gasteiger partial charge in [0.2, 0.25) is 0 Å². The summed E-state index contributed by atoms with van der Waals surface area (Å²) in [6, 6.07) is 15.2. The van der Waals surface area contributed by atoms with Gasteiger partial charge in [-0.2, -0.15) is 0 Å². The van der Waals surface area contributed by atoms with E-state index < -0.39 is 6.09 Å². The standard InChI is InChI=1S/C20H19N3O3/c1-2-26-20(25)22-18-9-8-16(12-17(18)13-24)19(23-11-10-21-14-23)15-6-4-3-5-7-15/h3-14,19H,2H2,1H3,(H,22,25). The van der Waals surface area contributed by atoms with E-state index in [1.54, 1.807) is 31.6 Å². The molecule has 1 unspecified atom stereocenters.